The summed E-state index contributed by atoms with van der Waals surface area (Å²) in [6, 6.07) is 8.07. The van der Waals surface area contributed by atoms with Crippen LogP contribution in [-0.2, 0) is 9.57 Å². The quantitative estimate of drug-likeness (QED) is 0.568. The zero-order valence-electron chi connectivity index (χ0n) is 19.5. The molecule has 3 heterocycles. The van der Waals surface area contributed by atoms with E-state index in [0.29, 0.717) is 6.42 Å². The summed E-state index contributed by atoms with van der Waals surface area (Å²) in [6.07, 6.45) is 3.05. The summed E-state index contributed by atoms with van der Waals surface area (Å²) in [5.41, 5.74) is -0.970. The summed E-state index contributed by atoms with van der Waals surface area (Å²) in [4.78, 5) is 33.5. The average Bonchev–Trinajstić information content (AvgIpc) is 3.20. The molecule has 0 bridgehead atoms. The fourth-order valence-corrected chi connectivity index (χ4v) is 4.89. The van der Waals surface area contributed by atoms with Crippen molar-refractivity contribution in [1.29, 1.82) is 0 Å². The van der Waals surface area contributed by atoms with Gasteiger partial charge in [0.1, 0.15) is 11.4 Å². The minimum absolute atomic E-state index is 0.00931. The predicted molar refractivity (Wildman–Crippen MR) is 124 cm³/mol. The second-order valence-corrected chi connectivity index (χ2v) is 9.12. The third-order valence-corrected chi connectivity index (χ3v) is 6.85. The van der Waals surface area contributed by atoms with E-state index in [1.54, 1.807) is 23.0 Å². The molecule has 1 aromatic heterocycles. The van der Waals surface area contributed by atoms with Crippen molar-refractivity contribution < 1.29 is 33.1 Å². The summed E-state index contributed by atoms with van der Waals surface area (Å²) >= 11 is 0. The molecule has 2 aliphatic heterocycles. The Balaban J connectivity index is 1.17. The number of hydroxylamine groups is 2. The van der Waals surface area contributed by atoms with E-state index in [1.165, 1.54) is 28.1 Å². The monoisotopic (exact) mass is 512 g/mol. The molecular formula is C24H22F2N6O5. The van der Waals surface area contributed by atoms with Gasteiger partial charge >= 0.3 is 6.09 Å². The molecule has 1 spiro atoms. The maximum Gasteiger partial charge on any atom is 0.415 e. The Morgan fingerprint density at radius 1 is 1.14 bits per heavy atom. The molecule has 1 N–H and O–H groups in total. The number of ether oxygens (including phenoxy) is 1. The zero-order chi connectivity index (χ0) is 25.7. The molecule has 37 heavy (non-hydrogen) atoms. The van der Waals surface area contributed by atoms with Gasteiger partial charge in [-0.15, -0.1) is 5.10 Å². The van der Waals surface area contributed by atoms with E-state index in [1.807, 2.05) is 0 Å². The molecule has 3 aliphatic rings. The van der Waals surface area contributed by atoms with Crippen molar-refractivity contribution in [3.63, 3.8) is 0 Å². The third kappa shape index (κ3) is 4.00. The Bertz CT molecular complexity index is 1350. The summed E-state index contributed by atoms with van der Waals surface area (Å²) < 4.78 is 37.7. The Hall–Kier alpha value is -4.26. The molecule has 192 valence electrons. The van der Waals surface area contributed by atoms with Crippen LogP contribution in [0.2, 0.25) is 0 Å². The first-order chi connectivity index (χ1) is 17.9. The topological polar surface area (TPSA) is 113 Å². The lowest BCUT2D eigenvalue weighted by Crippen LogP contribution is -2.35. The van der Waals surface area contributed by atoms with Crippen LogP contribution in [0.5, 0.6) is 5.75 Å². The van der Waals surface area contributed by atoms with E-state index in [-0.39, 0.29) is 61.5 Å². The molecule has 1 unspecified atom stereocenters. The number of carbonyl (C=O) groups excluding carboxylic acids is 2. The van der Waals surface area contributed by atoms with Crippen LogP contribution >= 0.6 is 0 Å². The van der Waals surface area contributed by atoms with E-state index in [4.69, 9.17) is 9.57 Å². The van der Waals surface area contributed by atoms with Gasteiger partial charge in [0.15, 0.2) is 17.2 Å². The van der Waals surface area contributed by atoms with Gasteiger partial charge in [0, 0.05) is 37.8 Å². The highest BCUT2D eigenvalue weighted by molar-refractivity contribution is 5.96. The molecule has 3 aromatic rings. The van der Waals surface area contributed by atoms with E-state index in [9.17, 15) is 14.7 Å². The number of aromatic hydroxyl groups is 1. The highest BCUT2D eigenvalue weighted by Crippen LogP contribution is 2.54. The minimum atomic E-state index is -0.854. The van der Waals surface area contributed by atoms with E-state index >= 15 is 8.78 Å². The van der Waals surface area contributed by atoms with E-state index in [0.717, 1.165) is 17.2 Å². The van der Waals surface area contributed by atoms with Gasteiger partial charge in [-0.1, -0.05) is 17.3 Å². The molecule has 11 nitrogen and oxygen atoms in total. The van der Waals surface area contributed by atoms with Crippen LogP contribution in [0, 0.1) is 11.6 Å². The molecule has 0 radical (unpaired) electrons. The maximum atomic E-state index is 15.3. The fourth-order valence-electron chi connectivity index (χ4n) is 4.89. The molecule has 2 aromatic carbocycles. The number of benzene rings is 2. The van der Waals surface area contributed by atoms with Crippen LogP contribution in [0.15, 0.2) is 48.8 Å². The van der Waals surface area contributed by atoms with Crippen LogP contribution in [-0.4, -0.2) is 75.6 Å². The molecule has 1 saturated carbocycles. The SMILES string of the molecule is O=C(c1ccccc1O)N1CCN(c2c(F)cc(N3C[C@@]4(CC4n4ccnn4)OC3=O)cc2F)CCO1. The van der Waals surface area contributed by atoms with Gasteiger partial charge in [-0.25, -0.2) is 23.3 Å². The number of phenols is 1. The van der Waals surface area contributed by atoms with Crippen LogP contribution in [0.3, 0.4) is 0 Å². The molecule has 1 aliphatic carbocycles. The van der Waals surface area contributed by atoms with Crippen LogP contribution in [0.4, 0.5) is 25.0 Å². The fraction of sp³-hybridized carbons (Fsp3) is 0.333. The second kappa shape index (κ2) is 8.69. The standard InChI is InChI=1S/C24H22F2N6O5/c25-17-11-15(30-14-24(37-23(30)35)13-20(24)31-6-5-27-28-31)12-18(26)21(17)29-7-8-32(36-10-9-29)22(34)16-3-1-2-4-19(16)33/h1-6,11-12,20,33H,7-10,13-14H2/t20?,24-/m1/s1. The smallest absolute Gasteiger partial charge is 0.415 e. The Morgan fingerprint density at radius 3 is 2.65 bits per heavy atom. The van der Waals surface area contributed by atoms with Crippen molar-refractivity contribution in [2.24, 2.45) is 0 Å². The number of anilines is 2. The third-order valence-electron chi connectivity index (χ3n) is 6.85. The lowest BCUT2D eigenvalue weighted by atomic mass is 10.2. The number of para-hydroxylation sites is 1. The van der Waals surface area contributed by atoms with Crippen molar-refractivity contribution in [2.45, 2.75) is 18.1 Å². The largest absolute Gasteiger partial charge is 0.507 e. The van der Waals surface area contributed by atoms with Gasteiger partial charge < -0.3 is 14.7 Å². The highest BCUT2D eigenvalue weighted by atomic mass is 19.1. The average molecular weight is 512 g/mol. The van der Waals surface area contributed by atoms with Gasteiger partial charge in [-0.3, -0.25) is 14.5 Å². The number of rotatable bonds is 4. The Labute approximate surface area is 209 Å². The van der Waals surface area contributed by atoms with Crippen molar-refractivity contribution in [2.75, 3.05) is 42.6 Å². The highest BCUT2D eigenvalue weighted by Gasteiger charge is 2.65. The van der Waals surface area contributed by atoms with Gasteiger partial charge in [-0.2, -0.15) is 0 Å². The van der Waals surface area contributed by atoms with Crippen molar-refractivity contribution >= 4 is 23.4 Å². The number of phenolic OH excluding ortho intramolecular Hbond substituents is 1. The van der Waals surface area contributed by atoms with E-state index in [2.05, 4.69) is 10.3 Å². The Morgan fingerprint density at radius 2 is 1.92 bits per heavy atom. The lowest BCUT2D eigenvalue weighted by Gasteiger charge is -2.24. The van der Waals surface area contributed by atoms with Crippen LogP contribution in [0.25, 0.3) is 0 Å². The first-order valence-electron chi connectivity index (χ1n) is 11.7. The normalized spacial score (nSPS) is 23.4. The summed E-state index contributed by atoms with van der Waals surface area (Å²) in [7, 11) is 0. The molecule has 2 atom stereocenters. The van der Waals surface area contributed by atoms with Gasteiger partial charge in [-0.05, 0) is 12.1 Å². The van der Waals surface area contributed by atoms with Gasteiger partial charge in [0.05, 0.1) is 43.2 Å². The number of hydrogen-bond acceptors (Lipinski definition) is 8. The number of halogens is 2. The van der Waals surface area contributed by atoms with Crippen molar-refractivity contribution in [3.8, 4) is 5.75 Å². The number of hydrogen-bond donors (Lipinski definition) is 1. The Kier molecular flexibility index (Phi) is 5.44. The summed E-state index contributed by atoms with van der Waals surface area (Å²) in [5, 5.41) is 18.7. The number of amides is 2. The van der Waals surface area contributed by atoms with Gasteiger partial charge in [0.25, 0.3) is 5.91 Å². The van der Waals surface area contributed by atoms with Gasteiger partial charge in [0.2, 0.25) is 0 Å². The van der Waals surface area contributed by atoms with Crippen molar-refractivity contribution in [3.05, 3.63) is 66.0 Å². The number of nitrogens with zero attached hydrogens (tertiary/aromatic N) is 6. The van der Waals surface area contributed by atoms with Crippen LogP contribution < -0.4 is 9.80 Å². The molecule has 13 heteroatoms. The second-order valence-electron chi connectivity index (χ2n) is 9.12. The molecule has 6 rings (SSSR count). The van der Waals surface area contributed by atoms with E-state index < -0.39 is 29.2 Å². The molecule has 2 saturated heterocycles. The first-order valence-corrected chi connectivity index (χ1v) is 11.7. The summed E-state index contributed by atoms with van der Waals surface area (Å²) in [5.74, 6) is -2.45. The summed E-state index contributed by atoms with van der Waals surface area (Å²) in [6.45, 7) is 0.339. The lowest BCUT2D eigenvalue weighted by molar-refractivity contribution is -0.111. The maximum absolute atomic E-state index is 15.3. The van der Waals surface area contributed by atoms with Crippen LogP contribution in [0.1, 0.15) is 22.8 Å². The first kappa shape index (κ1) is 23.2. The van der Waals surface area contributed by atoms with Crippen molar-refractivity contribution in [1.82, 2.24) is 20.1 Å². The zero-order valence-corrected chi connectivity index (χ0v) is 19.5. The number of aromatic nitrogens is 3. The molecule has 2 amide bonds. The molecular weight excluding hydrogens is 490 g/mol. The molecule has 3 fully saturated rings. The number of carbonyl (C=O) groups is 2. The minimum Gasteiger partial charge on any atom is -0.507 e. The predicted octanol–water partition coefficient (Wildman–Crippen LogP) is 2.50.